The van der Waals surface area contributed by atoms with Gasteiger partial charge in [0.05, 0.1) is 18.7 Å². The maximum absolute atomic E-state index is 12.0. The minimum absolute atomic E-state index is 0.167. The zero-order valence-electron chi connectivity index (χ0n) is 13.2. The number of hydrogen-bond acceptors (Lipinski definition) is 4. The van der Waals surface area contributed by atoms with Crippen LogP contribution in [0, 0.1) is 6.92 Å². The van der Waals surface area contributed by atoms with E-state index < -0.39 is 6.04 Å². The van der Waals surface area contributed by atoms with Gasteiger partial charge in [-0.05, 0) is 18.1 Å². The van der Waals surface area contributed by atoms with Gasteiger partial charge in [0.25, 0.3) is 0 Å². The topological polar surface area (TPSA) is 73.2 Å². The molecule has 6 nitrogen and oxygen atoms in total. The van der Waals surface area contributed by atoms with Crippen molar-refractivity contribution in [2.45, 2.75) is 25.8 Å². The number of aromatic nitrogens is 2. The summed E-state index contributed by atoms with van der Waals surface area (Å²) in [5.74, 6) is -0.514. The van der Waals surface area contributed by atoms with E-state index in [0.717, 1.165) is 22.4 Å². The number of rotatable bonds is 4. The number of carbonyl (C=O) groups is 2. The summed E-state index contributed by atoms with van der Waals surface area (Å²) in [6.07, 6.45) is 2.77. The predicted molar refractivity (Wildman–Crippen MR) is 84.6 cm³/mol. The second-order valence-electron chi connectivity index (χ2n) is 5.75. The molecule has 3 rings (SSSR count). The average Bonchev–Trinajstić information content (AvgIpc) is 3.05. The molecule has 0 radical (unpaired) electrons. The first-order valence-electron chi connectivity index (χ1n) is 7.58. The molecule has 2 aromatic rings. The highest BCUT2D eigenvalue weighted by atomic mass is 16.5. The molecule has 0 aliphatic carbocycles. The Labute approximate surface area is 134 Å². The monoisotopic (exact) mass is 313 g/mol. The molecule has 1 amide bonds. The molecule has 23 heavy (non-hydrogen) atoms. The molecule has 0 bridgehead atoms. The summed E-state index contributed by atoms with van der Waals surface area (Å²) in [6.45, 7) is 2.35. The predicted octanol–water partition coefficient (Wildman–Crippen LogP) is 1.37. The van der Waals surface area contributed by atoms with Crippen LogP contribution in [-0.2, 0) is 27.8 Å². The maximum atomic E-state index is 12.0. The molecule has 1 fully saturated rings. The highest BCUT2D eigenvalue weighted by molar-refractivity contribution is 5.86. The number of amides is 1. The summed E-state index contributed by atoms with van der Waals surface area (Å²) in [5, 5.41) is 7.04. The van der Waals surface area contributed by atoms with Gasteiger partial charge in [0.15, 0.2) is 0 Å². The molecule has 1 aromatic carbocycles. The van der Waals surface area contributed by atoms with Gasteiger partial charge in [-0.3, -0.25) is 9.48 Å². The third kappa shape index (κ3) is 3.41. The van der Waals surface area contributed by atoms with Gasteiger partial charge in [-0.15, -0.1) is 0 Å². The van der Waals surface area contributed by atoms with Crippen LogP contribution in [0.25, 0.3) is 11.1 Å². The van der Waals surface area contributed by atoms with E-state index in [1.54, 1.807) is 4.68 Å². The Morgan fingerprint density at radius 1 is 1.39 bits per heavy atom. The molecule has 1 N–H and O–H groups in total. The highest BCUT2D eigenvalue weighted by Crippen LogP contribution is 2.22. The molecule has 0 spiro atoms. The molecular weight excluding hydrogens is 294 g/mol. The van der Waals surface area contributed by atoms with Crippen LogP contribution in [0.5, 0.6) is 0 Å². The van der Waals surface area contributed by atoms with Crippen LogP contribution in [0.2, 0.25) is 0 Å². The molecule has 1 aromatic heterocycles. The van der Waals surface area contributed by atoms with Crippen LogP contribution in [0.3, 0.4) is 0 Å². The normalized spacial score (nSPS) is 17.1. The first-order chi connectivity index (χ1) is 11.0. The molecule has 1 aliphatic rings. The van der Waals surface area contributed by atoms with E-state index in [1.165, 1.54) is 0 Å². The van der Waals surface area contributed by atoms with Crippen molar-refractivity contribution in [3.63, 3.8) is 0 Å². The summed E-state index contributed by atoms with van der Waals surface area (Å²) < 4.78 is 6.62. The zero-order chi connectivity index (χ0) is 16.4. The Morgan fingerprint density at radius 3 is 2.70 bits per heavy atom. The number of nitrogens with one attached hydrogen (secondary N) is 1. The second kappa shape index (κ2) is 6.24. The smallest absolute Gasteiger partial charge is 0.328 e. The number of cyclic esters (lactones) is 1. The Hall–Kier alpha value is -2.63. The highest BCUT2D eigenvalue weighted by Gasteiger charge is 2.27. The van der Waals surface area contributed by atoms with Gasteiger partial charge in [0.1, 0.15) is 6.04 Å². The fourth-order valence-electron chi connectivity index (χ4n) is 2.74. The standard InChI is InChI=1S/C17H19N3O3/c1-11-14(10-20(2)19-11)13-5-3-12(4-6-13)9-16(21)18-15-7-8-23-17(15)22/h3-6,10,15H,7-9H2,1-2H3,(H,18,21)/t15-/m1/s1. The summed E-state index contributed by atoms with van der Waals surface area (Å²) >= 11 is 0. The van der Waals surface area contributed by atoms with Crippen LogP contribution in [0.1, 0.15) is 17.7 Å². The van der Waals surface area contributed by atoms with Crippen molar-refractivity contribution in [1.82, 2.24) is 15.1 Å². The maximum Gasteiger partial charge on any atom is 0.328 e. The van der Waals surface area contributed by atoms with Gasteiger partial charge in [0.2, 0.25) is 5.91 Å². The Balaban J connectivity index is 1.64. The quantitative estimate of drug-likeness (QED) is 0.865. The van der Waals surface area contributed by atoms with Crippen LogP contribution in [0.4, 0.5) is 0 Å². The van der Waals surface area contributed by atoms with Gasteiger partial charge in [0, 0.05) is 25.2 Å². The summed E-state index contributed by atoms with van der Waals surface area (Å²) in [4.78, 5) is 23.3. The average molecular weight is 313 g/mol. The van der Waals surface area contributed by atoms with Crippen molar-refractivity contribution in [1.29, 1.82) is 0 Å². The number of benzene rings is 1. The Morgan fingerprint density at radius 2 is 2.13 bits per heavy atom. The number of ether oxygens (including phenoxy) is 1. The van der Waals surface area contributed by atoms with Gasteiger partial charge < -0.3 is 10.1 Å². The van der Waals surface area contributed by atoms with Crippen molar-refractivity contribution in [2.24, 2.45) is 7.05 Å². The van der Waals surface area contributed by atoms with E-state index in [9.17, 15) is 9.59 Å². The first-order valence-corrected chi connectivity index (χ1v) is 7.58. The van der Waals surface area contributed by atoms with Crippen LogP contribution in [-0.4, -0.2) is 34.3 Å². The SMILES string of the molecule is Cc1nn(C)cc1-c1ccc(CC(=O)N[C@@H]2CCOC2=O)cc1. The van der Waals surface area contributed by atoms with Crippen molar-refractivity contribution in [3.05, 3.63) is 41.7 Å². The van der Waals surface area contributed by atoms with Gasteiger partial charge >= 0.3 is 5.97 Å². The van der Waals surface area contributed by atoms with E-state index in [-0.39, 0.29) is 18.3 Å². The molecule has 2 heterocycles. The van der Waals surface area contributed by atoms with E-state index in [4.69, 9.17) is 4.74 Å². The minimum atomic E-state index is -0.500. The van der Waals surface area contributed by atoms with Crippen molar-refractivity contribution >= 4 is 11.9 Å². The minimum Gasteiger partial charge on any atom is -0.464 e. The largest absolute Gasteiger partial charge is 0.464 e. The number of carbonyl (C=O) groups excluding carboxylic acids is 2. The zero-order valence-corrected chi connectivity index (χ0v) is 13.2. The lowest BCUT2D eigenvalue weighted by Crippen LogP contribution is -2.38. The van der Waals surface area contributed by atoms with Gasteiger partial charge in [-0.1, -0.05) is 24.3 Å². The molecule has 120 valence electrons. The molecule has 0 unspecified atom stereocenters. The Bertz CT molecular complexity index is 734. The number of esters is 1. The lowest BCUT2D eigenvalue weighted by molar-refractivity contribution is -0.141. The van der Waals surface area contributed by atoms with E-state index in [2.05, 4.69) is 10.4 Å². The third-order valence-electron chi connectivity index (χ3n) is 3.91. The van der Waals surface area contributed by atoms with E-state index in [0.29, 0.717) is 13.0 Å². The first kappa shape index (κ1) is 15.3. The van der Waals surface area contributed by atoms with Gasteiger partial charge in [-0.25, -0.2) is 4.79 Å². The summed E-state index contributed by atoms with van der Waals surface area (Å²) in [6, 6.07) is 7.31. The lowest BCUT2D eigenvalue weighted by Gasteiger charge is -2.09. The van der Waals surface area contributed by atoms with Crippen molar-refractivity contribution < 1.29 is 14.3 Å². The van der Waals surface area contributed by atoms with Crippen LogP contribution in [0.15, 0.2) is 30.5 Å². The van der Waals surface area contributed by atoms with E-state index >= 15 is 0 Å². The molecule has 1 aliphatic heterocycles. The van der Waals surface area contributed by atoms with Gasteiger partial charge in [-0.2, -0.15) is 5.10 Å². The van der Waals surface area contributed by atoms with Crippen molar-refractivity contribution in [3.8, 4) is 11.1 Å². The van der Waals surface area contributed by atoms with Crippen molar-refractivity contribution in [2.75, 3.05) is 6.61 Å². The molecule has 0 saturated carbocycles. The summed E-state index contributed by atoms with van der Waals surface area (Å²) in [7, 11) is 1.89. The second-order valence-corrected chi connectivity index (χ2v) is 5.75. The molecule has 1 saturated heterocycles. The molecule has 1 atom stereocenters. The fourth-order valence-corrected chi connectivity index (χ4v) is 2.74. The van der Waals surface area contributed by atoms with Crippen LogP contribution < -0.4 is 5.32 Å². The lowest BCUT2D eigenvalue weighted by atomic mass is 10.0. The fraction of sp³-hybridized carbons (Fsp3) is 0.353. The number of nitrogens with zero attached hydrogens (tertiary/aromatic N) is 2. The third-order valence-corrected chi connectivity index (χ3v) is 3.91. The molecular formula is C17H19N3O3. The molecule has 6 heteroatoms. The Kier molecular flexibility index (Phi) is 4.14. The number of aryl methyl sites for hydroxylation is 2. The van der Waals surface area contributed by atoms with E-state index in [1.807, 2.05) is 44.4 Å². The van der Waals surface area contributed by atoms with Crippen LogP contribution >= 0.6 is 0 Å². The summed E-state index contributed by atoms with van der Waals surface area (Å²) in [5.41, 5.74) is 4.02. The number of hydrogen-bond donors (Lipinski definition) is 1.